The zero-order chi connectivity index (χ0) is 14.8. The van der Waals surface area contributed by atoms with Crippen LogP contribution >= 0.6 is 0 Å². The predicted molar refractivity (Wildman–Crippen MR) is 84.5 cm³/mol. The highest BCUT2D eigenvalue weighted by molar-refractivity contribution is 5.85. The van der Waals surface area contributed by atoms with Crippen LogP contribution in [0.4, 0.5) is 4.39 Å². The summed E-state index contributed by atoms with van der Waals surface area (Å²) in [4.78, 5) is 4.58. The Labute approximate surface area is 124 Å². The fourth-order valence-electron chi connectivity index (χ4n) is 2.65. The first-order valence-corrected chi connectivity index (χ1v) is 6.95. The standard InChI is InChI=1S/C19H16FN/c1-13-12-18(15-8-10-17(20)11-9-15)19(14(2)21-13)16-6-4-3-5-7-16/h3-12H,1-2H3. The summed E-state index contributed by atoms with van der Waals surface area (Å²) in [5.41, 5.74) is 6.27. The van der Waals surface area contributed by atoms with Crippen molar-refractivity contribution < 1.29 is 4.39 Å². The van der Waals surface area contributed by atoms with Gasteiger partial charge in [0.2, 0.25) is 0 Å². The molecule has 0 saturated carbocycles. The molecule has 1 heterocycles. The molecule has 0 aliphatic heterocycles. The van der Waals surface area contributed by atoms with Gasteiger partial charge in [-0.2, -0.15) is 0 Å². The maximum Gasteiger partial charge on any atom is 0.123 e. The molecular formula is C19H16FN. The van der Waals surface area contributed by atoms with E-state index >= 15 is 0 Å². The molecule has 0 radical (unpaired) electrons. The second kappa shape index (κ2) is 5.49. The van der Waals surface area contributed by atoms with Crippen LogP contribution in [0.25, 0.3) is 22.3 Å². The second-order valence-corrected chi connectivity index (χ2v) is 5.14. The van der Waals surface area contributed by atoms with Crippen molar-refractivity contribution in [3.8, 4) is 22.3 Å². The first kappa shape index (κ1) is 13.5. The SMILES string of the molecule is Cc1cc(-c2ccc(F)cc2)c(-c2ccccc2)c(C)n1. The molecule has 21 heavy (non-hydrogen) atoms. The van der Waals surface area contributed by atoms with E-state index in [1.165, 1.54) is 12.1 Å². The summed E-state index contributed by atoms with van der Waals surface area (Å²) in [7, 11) is 0. The molecule has 0 unspecified atom stereocenters. The Bertz CT molecular complexity index is 762. The molecule has 3 aromatic rings. The first-order chi connectivity index (χ1) is 10.1. The molecule has 0 N–H and O–H groups in total. The quantitative estimate of drug-likeness (QED) is 0.629. The normalized spacial score (nSPS) is 10.6. The lowest BCUT2D eigenvalue weighted by atomic mass is 9.93. The zero-order valence-corrected chi connectivity index (χ0v) is 12.1. The molecule has 0 bridgehead atoms. The van der Waals surface area contributed by atoms with Crippen molar-refractivity contribution >= 4 is 0 Å². The van der Waals surface area contributed by atoms with Crippen LogP contribution in [0, 0.1) is 19.7 Å². The van der Waals surface area contributed by atoms with Gasteiger partial charge in [0.05, 0.1) is 0 Å². The average molecular weight is 277 g/mol. The third-order valence-electron chi connectivity index (χ3n) is 3.55. The zero-order valence-electron chi connectivity index (χ0n) is 12.1. The van der Waals surface area contributed by atoms with Crippen LogP contribution in [0.5, 0.6) is 0 Å². The van der Waals surface area contributed by atoms with Crippen molar-refractivity contribution in [3.05, 3.63) is 77.9 Å². The number of pyridine rings is 1. The molecule has 3 rings (SSSR count). The Kier molecular flexibility index (Phi) is 3.53. The van der Waals surface area contributed by atoms with E-state index in [0.29, 0.717) is 0 Å². The van der Waals surface area contributed by atoms with Crippen molar-refractivity contribution in [1.29, 1.82) is 0 Å². The van der Waals surface area contributed by atoms with Gasteiger partial charge < -0.3 is 0 Å². The summed E-state index contributed by atoms with van der Waals surface area (Å²) in [5, 5.41) is 0. The van der Waals surface area contributed by atoms with Gasteiger partial charge in [-0.3, -0.25) is 4.98 Å². The van der Waals surface area contributed by atoms with Crippen LogP contribution in [0.1, 0.15) is 11.4 Å². The van der Waals surface area contributed by atoms with Gasteiger partial charge >= 0.3 is 0 Å². The fourth-order valence-corrected chi connectivity index (χ4v) is 2.65. The minimum absolute atomic E-state index is 0.220. The van der Waals surface area contributed by atoms with E-state index in [0.717, 1.165) is 33.6 Å². The number of nitrogens with zero attached hydrogens (tertiary/aromatic N) is 1. The summed E-state index contributed by atoms with van der Waals surface area (Å²) in [6.45, 7) is 4.00. The highest BCUT2D eigenvalue weighted by Gasteiger charge is 2.12. The van der Waals surface area contributed by atoms with Crippen LogP contribution in [0.2, 0.25) is 0 Å². The summed E-state index contributed by atoms with van der Waals surface area (Å²) in [5.74, 6) is -0.220. The van der Waals surface area contributed by atoms with E-state index < -0.39 is 0 Å². The van der Waals surface area contributed by atoms with E-state index in [1.54, 1.807) is 0 Å². The molecule has 1 nitrogen and oxygen atoms in total. The molecular weight excluding hydrogens is 261 g/mol. The van der Waals surface area contributed by atoms with Crippen LogP contribution in [-0.4, -0.2) is 4.98 Å². The summed E-state index contributed by atoms with van der Waals surface area (Å²) >= 11 is 0. The molecule has 2 aromatic carbocycles. The van der Waals surface area contributed by atoms with Crippen LogP contribution in [0.15, 0.2) is 60.7 Å². The number of rotatable bonds is 2. The molecule has 0 saturated heterocycles. The summed E-state index contributed by atoms with van der Waals surface area (Å²) < 4.78 is 13.2. The van der Waals surface area contributed by atoms with E-state index in [-0.39, 0.29) is 5.82 Å². The molecule has 0 aliphatic carbocycles. The van der Waals surface area contributed by atoms with Crippen molar-refractivity contribution in [2.75, 3.05) is 0 Å². The number of halogens is 1. The number of hydrogen-bond donors (Lipinski definition) is 0. The van der Waals surface area contributed by atoms with Crippen LogP contribution in [-0.2, 0) is 0 Å². The Morgan fingerprint density at radius 3 is 2.14 bits per heavy atom. The predicted octanol–water partition coefficient (Wildman–Crippen LogP) is 5.17. The number of aromatic nitrogens is 1. The smallest absolute Gasteiger partial charge is 0.123 e. The van der Waals surface area contributed by atoms with Gasteiger partial charge in [0.25, 0.3) is 0 Å². The molecule has 2 heteroatoms. The minimum atomic E-state index is -0.220. The second-order valence-electron chi connectivity index (χ2n) is 5.14. The van der Waals surface area contributed by atoms with E-state index in [2.05, 4.69) is 23.2 Å². The van der Waals surface area contributed by atoms with Crippen LogP contribution < -0.4 is 0 Å². The molecule has 0 amide bonds. The molecule has 0 spiro atoms. The lowest BCUT2D eigenvalue weighted by Crippen LogP contribution is -1.95. The van der Waals surface area contributed by atoms with Crippen molar-refractivity contribution in [3.63, 3.8) is 0 Å². The number of hydrogen-bond acceptors (Lipinski definition) is 1. The molecule has 104 valence electrons. The van der Waals surface area contributed by atoms with Crippen LogP contribution in [0.3, 0.4) is 0 Å². The van der Waals surface area contributed by atoms with Gasteiger partial charge in [-0.05, 0) is 48.7 Å². The van der Waals surface area contributed by atoms with Gasteiger partial charge in [-0.1, -0.05) is 42.5 Å². The fraction of sp³-hybridized carbons (Fsp3) is 0.105. The average Bonchev–Trinajstić information content (AvgIpc) is 2.48. The number of benzene rings is 2. The van der Waals surface area contributed by atoms with Gasteiger partial charge in [-0.25, -0.2) is 4.39 Å². The largest absolute Gasteiger partial charge is 0.258 e. The van der Waals surface area contributed by atoms with Gasteiger partial charge in [0.15, 0.2) is 0 Å². The Hall–Kier alpha value is -2.48. The number of aryl methyl sites for hydroxylation is 2. The molecule has 0 aliphatic rings. The monoisotopic (exact) mass is 277 g/mol. The van der Waals surface area contributed by atoms with E-state index in [4.69, 9.17) is 0 Å². The van der Waals surface area contributed by atoms with E-state index in [1.807, 2.05) is 44.2 Å². The lowest BCUT2D eigenvalue weighted by molar-refractivity contribution is 0.628. The third kappa shape index (κ3) is 2.70. The highest BCUT2D eigenvalue weighted by Crippen LogP contribution is 2.34. The molecule has 1 aromatic heterocycles. The Morgan fingerprint density at radius 1 is 0.810 bits per heavy atom. The Balaban J connectivity index is 2.26. The topological polar surface area (TPSA) is 12.9 Å². The van der Waals surface area contributed by atoms with Gasteiger partial charge in [0, 0.05) is 17.0 Å². The van der Waals surface area contributed by atoms with Gasteiger partial charge in [-0.15, -0.1) is 0 Å². The highest BCUT2D eigenvalue weighted by atomic mass is 19.1. The van der Waals surface area contributed by atoms with E-state index in [9.17, 15) is 4.39 Å². The summed E-state index contributed by atoms with van der Waals surface area (Å²) in [6, 6.07) is 18.9. The molecule has 0 fully saturated rings. The Morgan fingerprint density at radius 2 is 1.48 bits per heavy atom. The molecule has 0 atom stereocenters. The maximum absolute atomic E-state index is 13.2. The van der Waals surface area contributed by atoms with Crippen molar-refractivity contribution in [1.82, 2.24) is 4.98 Å². The summed E-state index contributed by atoms with van der Waals surface area (Å²) in [6.07, 6.45) is 0. The third-order valence-corrected chi connectivity index (χ3v) is 3.55. The van der Waals surface area contributed by atoms with Gasteiger partial charge in [0.1, 0.15) is 5.82 Å². The lowest BCUT2D eigenvalue weighted by Gasteiger charge is -2.14. The first-order valence-electron chi connectivity index (χ1n) is 6.95. The minimum Gasteiger partial charge on any atom is -0.258 e. The van der Waals surface area contributed by atoms with Crippen molar-refractivity contribution in [2.45, 2.75) is 13.8 Å². The van der Waals surface area contributed by atoms with Crippen molar-refractivity contribution in [2.24, 2.45) is 0 Å². The maximum atomic E-state index is 13.2.